The fourth-order valence-corrected chi connectivity index (χ4v) is 2.40. The molecule has 1 aliphatic heterocycles. The van der Waals surface area contributed by atoms with Crippen molar-refractivity contribution in [2.24, 2.45) is 5.41 Å². The van der Waals surface area contributed by atoms with Crippen LogP contribution in [-0.2, 0) is 4.79 Å². The molecule has 0 saturated heterocycles. The summed E-state index contributed by atoms with van der Waals surface area (Å²) in [5.41, 5.74) is 0.626. The van der Waals surface area contributed by atoms with E-state index >= 15 is 0 Å². The molecule has 1 aromatic heterocycles. The fraction of sp³-hybridized carbons (Fsp3) is 0.188. The van der Waals surface area contributed by atoms with Crippen LogP contribution >= 0.6 is 0 Å². The summed E-state index contributed by atoms with van der Waals surface area (Å²) in [7, 11) is 0. The first-order valence-corrected chi connectivity index (χ1v) is 6.54. The largest absolute Gasteiger partial charge is 0.310 e. The van der Waals surface area contributed by atoms with Gasteiger partial charge in [0.15, 0.2) is 0 Å². The van der Waals surface area contributed by atoms with Crippen LogP contribution in [0, 0.1) is 16.7 Å². The lowest BCUT2D eigenvalue weighted by Crippen LogP contribution is -2.45. The molecule has 21 heavy (non-hydrogen) atoms. The number of carbonyl (C=O) groups is 2. The van der Waals surface area contributed by atoms with Crippen LogP contribution in [0.3, 0.4) is 0 Å². The number of benzene rings is 1. The van der Waals surface area contributed by atoms with Gasteiger partial charge >= 0.3 is 0 Å². The first-order valence-electron chi connectivity index (χ1n) is 6.54. The molecule has 0 radical (unpaired) electrons. The molecule has 3 rings (SSSR count). The number of amides is 1. The minimum atomic E-state index is -1.15. The molecule has 0 atom stereocenters. The first-order chi connectivity index (χ1) is 9.96. The Morgan fingerprint density at radius 2 is 1.86 bits per heavy atom. The van der Waals surface area contributed by atoms with Crippen LogP contribution in [-0.4, -0.2) is 16.4 Å². The van der Waals surface area contributed by atoms with E-state index in [0.717, 1.165) is 5.56 Å². The highest BCUT2D eigenvalue weighted by molar-refractivity contribution is 6.16. The van der Waals surface area contributed by atoms with Crippen molar-refractivity contribution < 1.29 is 9.59 Å². The van der Waals surface area contributed by atoms with Gasteiger partial charge in [-0.15, -0.1) is 0 Å². The topological polar surface area (TPSA) is 74.9 Å². The quantitative estimate of drug-likeness (QED) is 0.815. The van der Waals surface area contributed by atoms with E-state index in [2.05, 4.69) is 11.4 Å². The van der Waals surface area contributed by atoms with Gasteiger partial charge in [-0.2, -0.15) is 5.26 Å². The molecule has 2 heterocycles. The van der Waals surface area contributed by atoms with Gasteiger partial charge in [-0.3, -0.25) is 14.2 Å². The zero-order valence-electron chi connectivity index (χ0n) is 11.7. The van der Waals surface area contributed by atoms with Crippen molar-refractivity contribution in [3.63, 3.8) is 0 Å². The van der Waals surface area contributed by atoms with Crippen molar-refractivity contribution >= 4 is 17.6 Å². The molecule has 0 spiro atoms. The van der Waals surface area contributed by atoms with Crippen LogP contribution in [0.25, 0.3) is 11.1 Å². The second kappa shape index (κ2) is 4.32. The van der Waals surface area contributed by atoms with Crippen molar-refractivity contribution in [2.45, 2.75) is 13.8 Å². The number of nitrogens with zero attached hydrogens (tertiary/aromatic N) is 2. The van der Waals surface area contributed by atoms with E-state index in [1.807, 2.05) is 30.3 Å². The summed E-state index contributed by atoms with van der Waals surface area (Å²) in [4.78, 5) is 24.5. The fourth-order valence-electron chi connectivity index (χ4n) is 2.40. The Hall–Kier alpha value is -2.87. The van der Waals surface area contributed by atoms with Gasteiger partial charge in [-0.25, -0.2) is 0 Å². The molecule has 0 bridgehead atoms. The SMILES string of the molecule is CC1(C)C(=O)Nc2c(C#N)c(-c3ccccc3)cn2C1=O. The average Bonchev–Trinajstić information content (AvgIpc) is 2.84. The van der Waals surface area contributed by atoms with Crippen LogP contribution in [0.5, 0.6) is 0 Å². The molecule has 5 nitrogen and oxygen atoms in total. The Morgan fingerprint density at radius 1 is 1.19 bits per heavy atom. The van der Waals surface area contributed by atoms with Crippen molar-refractivity contribution in [1.29, 1.82) is 5.26 Å². The number of anilines is 1. The third-order valence-corrected chi connectivity index (χ3v) is 3.75. The van der Waals surface area contributed by atoms with Crippen molar-refractivity contribution in [3.8, 4) is 17.2 Å². The third kappa shape index (κ3) is 1.77. The maximum absolute atomic E-state index is 12.5. The maximum atomic E-state index is 12.5. The van der Waals surface area contributed by atoms with Crippen LogP contribution in [0.15, 0.2) is 36.5 Å². The maximum Gasteiger partial charge on any atom is 0.247 e. The van der Waals surface area contributed by atoms with E-state index in [9.17, 15) is 14.9 Å². The van der Waals surface area contributed by atoms with Crippen LogP contribution in [0.2, 0.25) is 0 Å². The Kier molecular flexibility index (Phi) is 2.70. The number of rotatable bonds is 1. The van der Waals surface area contributed by atoms with E-state index in [0.29, 0.717) is 11.1 Å². The second-order valence-electron chi connectivity index (χ2n) is 5.50. The molecule has 1 N–H and O–H groups in total. The van der Waals surface area contributed by atoms with Crippen LogP contribution < -0.4 is 5.32 Å². The molecular weight excluding hydrogens is 266 g/mol. The number of carbonyl (C=O) groups excluding carboxylic acids is 2. The Labute approximate surface area is 121 Å². The summed E-state index contributed by atoms with van der Waals surface area (Å²) < 4.78 is 1.36. The Morgan fingerprint density at radius 3 is 2.48 bits per heavy atom. The molecule has 1 aliphatic rings. The number of fused-ring (bicyclic) bond motifs is 1. The monoisotopic (exact) mass is 279 g/mol. The van der Waals surface area contributed by atoms with E-state index in [1.54, 1.807) is 20.0 Å². The van der Waals surface area contributed by atoms with Gasteiger partial charge in [0, 0.05) is 11.8 Å². The highest BCUT2D eigenvalue weighted by atomic mass is 16.2. The van der Waals surface area contributed by atoms with Gasteiger partial charge in [-0.05, 0) is 19.4 Å². The first kappa shape index (κ1) is 13.1. The number of hydrogen-bond donors (Lipinski definition) is 1. The van der Waals surface area contributed by atoms with Gasteiger partial charge in [-0.1, -0.05) is 30.3 Å². The molecule has 0 unspecified atom stereocenters. The second-order valence-corrected chi connectivity index (χ2v) is 5.50. The molecule has 0 saturated carbocycles. The summed E-state index contributed by atoms with van der Waals surface area (Å²) in [6, 6.07) is 11.4. The molecule has 5 heteroatoms. The van der Waals surface area contributed by atoms with Crippen molar-refractivity contribution in [3.05, 3.63) is 42.1 Å². The predicted octanol–water partition coefficient (Wildman–Crippen LogP) is 2.65. The number of nitrogens with one attached hydrogen (secondary N) is 1. The normalized spacial score (nSPS) is 16.0. The van der Waals surface area contributed by atoms with Gasteiger partial charge in [0.2, 0.25) is 11.8 Å². The smallest absolute Gasteiger partial charge is 0.247 e. The van der Waals surface area contributed by atoms with E-state index in [1.165, 1.54) is 4.57 Å². The van der Waals surface area contributed by atoms with Gasteiger partial charge in [0.05, 0.1) is 0 Å². The lowest BCUT2D eigenvalue weighted by molar-refractivity contribution is -0.122. The number of nitriles is 1. The molecule has 2 aromatic rings. The minimum Gasteiger partial charge on any atom is -0.310 e. The summed E-state index contributed by atoms with van der Waals surface area (Å²) in [5, 5.41) is 12.1. The summed E-state index contributed by atoms with van der Waals surface area (Å²) in [5.74, 6) is -0.472. The Bertz CT molecular complexity index is 795. The van der Waals surface area contributed by atoms with E-state index < -0.39 is 11.3 Å². The van der Waals surface area contributed by atoms with Crippen molar-refractivity contribution in [2.75, 3.05) is 5.32 Å². The van der Waals surface area contributed by atoms with E-state index in [-0.39, 0.29) is 11.7 Å². The zero-order chi connectivity index (χ0) is 15.2. The van der Waals surface area contributed by atoms with Crippen LogP contribution in [0.1, 0.15) is 24.2 Å². The van der Waals surface area contributed by atoms with Crippen molar-refractivity contribution in [1.82, 2.24) is 4.57 Å². The van der Waals surface area contributed by atoms with E-state index in [4.69, 9.17) is 0 Å². The lowest BCUT2D eigenvalue weighted by atomic mass is 9.89. The molecule has 1 aromatic carbocycles. The average molecular weight is 279 g/mol. The Balaban J connectivity index is 2.26. The summed E-state index contributed by atoms with van der Waals surface area (Å²) in [6.07, 6.45) is 1.62. The molecule has 0 fully saturated rings. The number of hydrogen-bond acceptors (Lipinski definition) is 3. The number of aromatic nitrogens is 1. The van der Waals surface area contributed by atoms with Gasteiger partial charge in [0.25, 0.3) is 0 Å². The molecule has 0 aliphatic carbocycles. The summed E-state index contributed by atoms with van der Waals surface area (Å²) >= 11 is 0. The van der Waals surface area contributed by atoms with Gasteiger partial charge < -0.3 is 5.32 Å². The highest BCUT2D eigenvalue weighted by Gasteiger charge is 2.43. The van der Waals surface area contributed by atoms with Crippen LogP contribution in [0.4, 0.5) is 5.82 Å². The highest BCUT2D eigenvalue weighted by Crippen LogP contribution is 2.36. The molecule has 1 amide bonds. The third-order valence-electron chi connectivity index (χ3n) is 3.75. The standard InChI is InChI=1S/C16H13N3O2/c1-16(2)14(20)18-13-11(8-17)12(9-19(13)15(16)21)10-6-4-3-5-7-10/h3-7,9H,1-2H3,(H,18,20). The summed E-state index contributed by atoms with van der Waals surface area (Å²) in [6.45, 7) is 3.14. The van der Waals surface area contributed by atoms with Gasteiger partial charge in [0.1, 0.15) is 22.9 Å². The zero-order valence-corrected chi connectivity index (χ0v) is 11.7. The molecule has 104 valence electrons. The minimum absolute atomic E-state index is 0.255. The predicted molar refractivity (Wildman–Crippen MR) is 77.6 cm³/mol. The molecular formula is C16H13N3O2. The lowest BCUT2D eigenvalue weighted by Gasteiger charge is -2.28.